The predicted octanol–water partition coefficient (Wildman–Crippen LogP) is 1.69. The zero-order valence-electron chi connectivity index (χ0n) is 15.2. The molecule has 8 heteroatoms. The van der Waals surface area contributed by atoms with Crippen molar-refractivity contribution in [3.63, 3.8) is 0 Å². The summed E-state index contributed by atoms with van der Waals surface area (Å²) in [4.78, 5) is 36.3. The van der Waals surface area contributed by atoms with Crippen LogP contribution in [0.4, 0.5) is 4.79 Å². The van der Waals surface area contributed by atoms with Crippen LogP contribution in [0.1, 0.15) is 48.0 Å². The van der Waals surface area contributed by atoms with Crippen LogP contribution in [-0.2, 0) is 14.3 Å². The van der Waals surface area contributed by atoms with Gasteiger partial charge in [-0.25, -0.2) is 0 Å². The molecule has 0 saturated carbocycles. The van der Waals surface area contributed by atoms with Crippen LogP contribution < -0.4 is 5.32 Å². The zero-order chi connectivity index (χ0) is 18.8. The van der Waals surface area contributed by atoms with Gasteiger partial charge in [0.2, 0.25) is 0 Å². The summed E-state index contributed by atoms with van der Waals surface area (Å²) < 4.78 is 4.66. The third kappa shape index (κ3) is 4.63. The van der Waals surface area contributed by atoms with Gasteiger partial charge in [-0.2, -0.15) is 0 Å². The minimum atomic E-state index is -0.977. The number of carbonyl (C=O) groups excluding carboxylic acids is 2. The molecule has 0 radical (unpaired) electrons. The Morgan fingerprint density at radius 3 is 2.33 bits per heavy atom. The van der Waals surface area contributed by atoms with Crippen molar-refractivity contribution in [1.82, 2.24) is 10.2 Å². The Kier molecular flexibility index (Phi) is 6.33. The maximum atomic E-state index is 11.8. The second-order valence-corrected chi connectivity index (χ2v) is 10.6. The van der Waals surface area contributed by atoms with Gasteiger partial charge in [-0.1, -0.05) is 0 Å². The fourth-order valence-corrected chi connectivity index (χ4v) is 6.44. The molecule has 1 heterocycles. The van der Waals surface area contributed by atoms with Crippen LogP contribution in [0.5, 0.6) is 0 Å². The molecule has 2 amide bonds. The Balaban J connectivity index is 2.86. The quantitative estimate of drug-likeness (QED) is 0.534. The van der Waals surface area contributed by atoms with Gasteiger partial charge in [-0.05, 0) is 0 Å². The van der Waals surface area contributed by atoms with E-state index in [1.807, 2.05) is 20.8 Å². The van der Waals surface area contributed by atoms with E-state index in [4.69, 9.17) is 4.74 Å². The van der Waals surface area contributed by atoms with Crippen LogP contribution in [0.25, 0.3) is 0 Å². The van der Waals surface area contributed by atoms with Gasteiger partial charge in [0.25, 0.3) is 0 Å². The number of carboxylic acid groups (broad SMARTS) is 1. The van der Waals surface area contributed by atoms with Crippen LogP contribution >= 0.6 is 0 Å². The molecule has 1 saturated heterocycles. The first kappa shape index (κ1) is 20.8. The van der Waals surface area contributed by atoms with Crippen LogP contribution in [0.2, 0.25) is 5.32 Å². The molecule has 1 fully saturated rings. The Labute approximate surface area is 149 Å². The fourth-order valence-electron chi connectivity index (χ4n) is 2.80. The summed E-state index contributed by atoms with van der Waals surface area (Å²) in [6, 6.07) is -0.789. The molecular weight excluding hydrogens is 379 g/mol. The molecule has 7 nitrogen and oxygen atoms in total. The number of nitrogens with one attached hydrogen (secondary N) is 1. The fraction of sp³-hybridized carbons (Fsp3) is 0.812. The number of hydrogen-bond donors (Lipinski definition) is 2. The van der Waals surface area contributed by atoms with Crippen molar-refractivity contribution in [3.05, 3.63) is 0 Å². The Morgan fingerprint density at radius 1 is 1.33 bits per heavy atom. The van der Waals surface area contributed by atoms with Gasteiger partial charge >= 0.3 is 149 Å². The number of ether oxygens (including phenoxy) is 1. The number of hydrogen-bond acceptors (Lipinski definition) is 4. The Hall–Kier alpha value is -1.27. The number of amides is 2. The van der Waals surface area contributed by atoms with Crippen molar-refractivity contribution < 1.29 is 24.2 Å². The van der Waals surface area contributed by atoms with Gasteiger partial charge in [0.15, 0.2) is 0 Å². The topological polar surface area (TPSA) is 95.9 Å². The van der Waals surface area contributed by atoms with Gasteiger partial charge in [0.05, 0.1) is 0 Å². The third-order valence-corrected chi connectivity index (χ3v) is 8.10. The maximum absolute atomic E-state index is 11.8. The van der Waals surface area contributed by atoms with E-state index in [2.05, 4.69) is 5.32 Å². The summed E-state index contributed by atoms with van der Waals surface area (Å²) in [6.07, 6.45) is 0.634. The molecule has 1 rings (SSSR count). The van der Waals surface area contributed by atoms with Crippen LogP contribution in [0.15, 0.2) is 0 Å². The summed E-state index contributed by atoms with van der Waals surface area (Å²) >= 11 is -0.0647. The van der Waals surface area contributed by atoms with Crippen LogP contribution in [0, 0.1) is 5.41 Å². The molecule has 138 valence electrons. The molecule has 1 aliphatic rings. The number of nitrogens with zero attached hydrogens (tertiary/aromatic N) is 1. The van der Waals surface area contributed by atoms with E-state index in [1.165, 1.54) is 4.90 Å². The van der Waals surface area contributed by atoms with Gasteiger partial charge in [0, 0.05) is 0 Å². The molecule has 2 unspecified atom stereocenters. The van der Waals surface area contributed by atoms with Crippen LogP contribution in [0.3, 0.4) is 0 Å². The zero-order valence-corrected chi connectivity index (χ0v) is 16.9. The first-order valence-corrected chi connectivity index (χ1v) is 9.98. The molecule has 0 aromatic heterocycles. The second kappa shape index (κ2) is 7.31. The van der Waals surface area contributed by atoms with Gasteiger partial charge < -0.3 is 0 Å². The summed E-state index contributed by atoms with van der Waals surface area (Å²) in [7, 11) is 0. The SMILES string of the molecule is CC(C)(C)OC(=O)NCCC1(C(C)(C)C)[Se]CC(C(=O)O)N1C=O. The van der Waals surface area contributed by atoms with Crippen molar-refractivity contribution in [2.45, 2.75) is 69.4 Å². The van der Waals surface area contributed by atoms with Gasteiger partial charge in [-0.3, -0.25) is 0 Å². The monoisotopic (exact) mass is 408 g/mol. The molecule has 0 aromatic rings. The molecule has 0 bridgehead atoms. The standard InChI is InChI=1S/C16H28N2O5Se/c1-14(2,3)16(7-8-17-13(22)23-15(4,5)6)18(10-19)11(9-24-16)12(20)21/h10-11H,7-9H2,1-6H3,(H,17,22)(H,20,21). The first-order chi connectivity index (χ1) is 10.8. The molecule has 2 N–H and O–H groups in total. The number of alkyl carbamates (subject to hydrolysis) is 1. The number of carbonyl (C=O) groups is 3. The minimum absolute atomic E-state index is 0.0647. The van der Waals surface area contributed by atoms with E-state index in [0.29, 0.717) is 24.7 Å². The molecule has 2 atom stereocenters. The predicted molar refractivity (Wildman–Crippen MR) is 90.9 cm³/mol. The second-order valence-electron chi connectivity index (χ2n) is 7.89. The summed E-state index contributed by atoms with van der Waals surface area (Å²) in [5.74, 6) is -0.977. The van der Waals surface area contributed by atoms with Gasteiger partial charge in [-0.15, -0.1) is 0 Å². The van der Waals surface area contributed by atoms with Crippen molar-refractivity contribution in [2.75, 3.05) is 6.54 Å². The molecule has 24 heavy (non-hydrogen) atoms. The van der Waals surface area contributed by atoms with Crippen molar-refractivity contribution in [2.24, 2.45) is 5.41 Å². The van der Waals surface area contributed by atoms with E-state index >= 15 is 0 Å². The average molecular weight is 407 g/mol. The average Bonchev–Trinajstić information content (AvgIpc) is 2.76. The Bertz CT molecular complexity index is 498. The Morgan fingerprint density at radius 2 is 1.92 bits per heavy atom. The third-order valence-electron chi connectivity index (χ3n) is 3.94. The van der Waals surface area contributed by atoms with E-state index in [9.17, 15) is 19.5 Å². The molecule has 0 aromatic carbocycles. The van der Waals surface area contributed by atoms with Gasteiger partial charge in [0.1, 0.15) is 0 Å². The summed E-state index contributed by atoms with van der Waals surface area (Å²) in [5, 5.41) is 12.6. The number of rotatable bonds is 5. The number of aliphatic carboxylic acids is 1. The molecule has 0 aliphatic carbocycles. The van der Waals surface area contributed by atoms with E-state index in [0.717, 1.165) is 0 Å². The molecule has 0 spiro atoms. The van der Waals surface area contributed by atoms with Crippen molar-refractivity contribution >= 4 is 33.4 Å². The summed E-state index contributed by atoms with van der Waals surface area (Å²) in [5.41, 5.74) is -0.875. The summed E-state index contributed by atoms with van der Waals surface area (Å²) in [6.45, 7) is 11.7. The normalized spacial score (nSPS) is 24.6. The van der Waals surface area contributed by atoms with E-state index in [1.54, 1.807) is 20.8 Å². The van der Waals surface area contributed by atoms with Crippen molar-refractivity contribution in [1.29, 1.82) is 0 Å². The van der Waals surface area contributed by atoms with Crippen LogP contribution in [-0.4, -0.2) is 66.1 Å². The van der Waals surface area contributed by atoms with Crippen molar-refractivity contribution in [3.8, 4) is 0 Å². The molecule has 1 aliphatic heterocycles. The first-order valence-electron chi connectivity index (χ1n) is 7.91. The van der Waals surface area contributed by atoms with E-state index in [-0.39, 0.29) is 20.4 Å². The number of carboxylic acids is 1. The molecular formula is C16H28N2O5Se. The van der Waals surface area contributed by atoms with E-state index < -0.39 is 28.1 Å².